The van der Waals surface area contributed by atoms with E-state index in [9.17, 15) is 9.18 Å². The molecule has 7 heteroatoms. The maximum atomic E-state index is 13.3. The zero-order valence-corrected chi connectivity index (χ0v) is 10.6. The molecular weight excluding hydrogens is 277 g/mol. The molecule has 1 aromatic heterocycles. The SMILES string of the molecule is CCOc1oc(-c2ccc(Cl)c(F)c2)nc1C(=O)O. The zero-order valence-electron chi connectivity index (χ0n) is 9.81. The predicted octanol–water partition coefficient (Wildman–Crippen LogP) is 3.23. The molecule has 0 aliphatic rings. The van der Waals surface area contributed by atoms with Gasteiger partial charge in [-0.25, -0.2) is 9.18 Å². The number of oxazole rings is 1. The number of aromatic carboxylic acids is 1. The molecule has 0 saturated carbocycles. The second-order valence-electron chi connectivity index (χ2n) is 3.52. The Hall–Kier alpha value is -2.08. The fourth-order valence-electron chi connectivity index (χ4n) is 1.42. The smallest absolute Gasteiger partial charge is 0.362 e. The van der Waals surface area contributed by atoms with Crippen molar-refractivity contribution in [3.63, 3.8) is 0 Å². The van der Waals surface area contributed by atoms with Crippen molar-refractivity contribution in [1.82, 2.24) is 4.98 Å². The molecule has 1 aromatic carbocycles. The summed E-state index contributed by atoms with van der Waals surface area (Å²) in [4.78, 5) is 14.7. The summed E-state index contributed by atoms with van der Waals surface area (Å²) in [5.41, 5.74) is -0.0810. The van der Waals surface area contributed by atoms with Crippen LogP contribution in [0.2, 0.25) is 5.02 Å². The van der Waals surface area contributed by atoms with E-state index >= 15 is 0 Å². The highest BCUT2D eigenvalue weighted by Gasteiger charge is 2.22. The van der Waals surface area contributed by atoms with Gasteiger partial charge in [-0.05, 0) is 25.1 Å². The van der Waals surface area contributed by atoms with E-state index in [-0.39, 0.29) is 34.7 Å². The first-order valence-corrected chi connectivity index (χ1v) is 5.73. The highest BCUT2D eigenvalue weighted by Crippen LogP contribution is 2.29. The summed E-state index contributed by atoms with van der Waals surface area (Å²) in [5.74, 6) is -2.18. The van der Waals surface area contributed by atoms with Crippen LogP contribution < -0.4 is 4.74 Å². The summed E-state index contributed by atoms with van der Waals surface area (Å²) < 4.78 is 23.5. The van der Waals surface area contributed by atoms with Crippen LogP contribution in [0, 0.1) is 5.82 Å². The van der Waals surface area contributed by atoms with E-state index in [1.54, 1.807) is 6.92 Å². The lowest BCUT2D eigenvalue weighted by molar-refractivity contribution is 0.0683. The van der Waals surface area contributed by atoms with Gasteiger partial charge in [-0.2, -0.15) is 4.98 Å². The van der Waals surface area contributed by atoms with Crippen molar-refractivity contribution >= 4 is 17.6 Å². The average Bonchev–Trinajstić information content (AvgIpc) is 2.77. The number of nitrogens with zero attached hydrogens (tertiary/aromatic N) is 1. The molecule has 1 N–H and O–H groups in total. The molecule has 0 aliphatic carbocycles. The lowest BCUT2D eigenvalue weighted by Gasteiger charge is -1.98. The molecule has 0 saturated heterocycles. The van der Waals surface area contributed by atoms with Crippen LogP contribution in [0.15, 0.2) is 22.6 Å². The monoisotopic (exact) mass is 285 g/mol. The second-order valence-corrected chi connectivity index (χ2v) is 3.93. The molecule has 2 rings (SSSR count). The summed E-state index contributed by atoms with van der Waals surface area (Å²) in [6, 6.07) is 3.91. The van der Waals surface area contributed by atoms with E-state index in [0.29, 0.717) is 0 Å². The molecule has 0 aliphatic heterocycles. The van der Waals surface area contributed by atoms with Crippen molar-refractivity contribution in [3.8, 4) is 17.4 Å². The Bertz CT molecular complexity index is 626. The molecule has 0 radical (unpaired) electrons. The minimum Gasteiger partial charge on any atom is -0.476 e. The fraction of sp³-hybridized carbons (Fsp3) is 0.167. The van der Waals surface area contributed by atoms with Crippen LogP contribution in [-0.2, 0) is 0 Å². The Labute approximate surface area is 112 Å². The summed E-state index contributed by atoms with van der Waals surface area (Å²) >= 11 is 5.56. The van der Waals surface area contributed by atoms with Crippen LogP contribution in [0.1, 0.15) is 17.4 Å². The first-order valence-electron chi connectivity index (χ1n) is 5.35. The number of ether oxygens (including phenoxy) is 1. The van der Waals surface area contributed by atoms with Gasteiger partial charge in [-0.1, -0.05) is 11.6 Å². The summed E-state index contributed by atoms with van der Waals surface area (Å²) in [7, 11) is 0. The molecule has 100 valence electrons. The van der Waals surface area contributed by atoms with Crippen LogP contribution in [0.3, 0.4) is 0 Å². The van der Waals surface area contributed by atoms with E-state index in [0.717, 1.165) is 6.07 Å². The van der Waals surface area contributed by atoms with E-state index < -0.39 is 11.8 Å². The summed E-state index contributed by atoms with van der Waals surface area (Å²) in [5, 5.41) is 8.91. The molecule has 0 bridgehead atoms. The van der Waals surface area contributed by atoms with Crippen LogP contribution in [-0.4, -0.2) is 22.7 Å². The van der Waals surface area contributed by atoms with Gasteiger partial charge >= 0.3 is 11.9 Å². The van der Waals surface area contributed by atoms with E-state index in [2.05, 4.69) is 4.98 Å². The first-order chi connectivity index (χ1) is 9.02. The lowest BCUT2D eigenvalue weighted by Crippen LogP contribution is -2.01. The number of carbonyl (C=O) groups is 1. The maximum Gasteiger partial charge on any atom is 0.362 e. The third kappa shape index (κ3) is 2.68. The highest BCUT2D eigenvalue weighted by atomic mass is 35.5. The molecule has 2 aromatic rings. The maximum absolute atomic E-state index is 13.3. The van der Waals surface area contributed by atoms with Crippen molar-refractivity contribution in [2.45, 2.75) is 6.92 Å². The highest BCUT2D eigenvalue weighted by molar-refractivity contribution is 6.30. The Morgan fingerprint density at radius 1 is 1.58 bits per heavy atom. The van der Waals surface area contributed by atoms with Gasteiger partial charge in [0, 0.05) is 5.56 Å². The fourth-order valence-corrected chi connectivity index (χ4v) is 1.54. The number of rotatable bonds is 4. The number of aromatic nitrogens is 1. The van der Waals surface area contributed by atoms with Crippen molar-refractivity contribution in [3.05, 3.63) is 34.7 Å². The molecule has 19 heavy (non-hydrogen) atoms. The molecule has 5 nitrogen and oxygen atoms in total. The second kappa shape index (κ2) is 5.27. The van der Waals surface area contributed by atoms with Gasteiger partial charge in [-0.15, -0.1) is 0 Å². The molecule has 1 heterocycles. The Morgan fingerprint density at radius 2 is 2.32 bits per heavy atom. The predicted molar refractivity (Wildman–Crippen MR) is 65.0 cm³/mol. The van der Waals surface area contributed by atoms with Crippen LogP contribution in [0.5, 0.6) is 5.95 Å². The third-order valence-corrected chi connectivity index (χ3v) is 2.55. The Morgan fingerprint density at radius 3 is 2.89 bits per heavy atom. The van der Waals surface area contributed by atoms with Gasteiger partial charge in [0.15, 0.2) is 0 Å². The summed E-state index contributed by atoms with van der Waals surface area (Å²) in [6.45, 7) is 1.90. The number of benzene rings is 1. The van der Waals surface area contributed by atoms with Crippen molar-refractivity contribution < 1.29 is 23.4 Å². The largest absolute Gasteiger partial charge is 0.476 e. The quantitative estimate of drug-likeness (QED) is 0.933. The van der Waals surface area contributed by atoms with Gasteiger partial charge in [0.25, 0.3) is 0 Å². The van der Waals surface area contributed by atoms with Gasteiger partial charge in [0.1, 0.15) is 5.82 Å². The van der Waals surface area contributed by atoms with E-state index in [1.807, 2.05) is 0 Å². The van der Waals surface area contributed by atoms with Gasteiger partial charge in [0.05, 0.1) is 11.6 Å². The Balaban J connectivity index is 2.47. The first kappa shape index (κ1) is 13.4. The third-order valence-electron chi connectivity index (χ3n) is 2.24. The number of hydrogen-bond donors (Lipinski definition) is 1. The number of hydrogen-bond acceptors (Lipinski definition) is 4. The van der Waals surface area contributed by atoms with Crippen molar-refractivity contribution in [1.29, 1.82) is 0 Å². The molecule has 0 fully saturated rings. The zero-order chi connectivity index (χ0) is 14.0. The van der Waals surface area contributed by atoms with Gasteiger partial charge in [-0.3, -0.25) is 0 Å². The van der Waals surface area contributed by atoms with E-state index in [1.165, 1.54) is 12.1 Å². The van der Waals surface area contributed by atoms with E-state index in [4.69, 9.17) is 25.9 Å². The van der Waals surface area contributed by atoms with Crippen molar-refractivity contribution in [2.24, 2.45) is 0 Å². The minimum absolute atomic E-state index is 0.0428. The lowest BCUT2D eigenvalue weighted by atomic mass is 10.2. The average molecular weight is 286 g/mol. The normalized spacial score (nSPS) is 10.5. The number of carboxylic acids is 1. The molecule has 0 amide bonds. The van der Waals surface area contributed by atoms with Gasteiger partial charge < -0.3 is 14.3 Å². The number of halogens is 2. The van der Waals surface area contributed by atoms with Crippen LogP contribution in [0.4, 0.5) is 4.39 Å². The topological polar surface area (TPSA) is 72.6 Å². The molecule has 0 atom stereocenters. The molecule has 0 unspecified atom stereocenters. The standard InChI is InChI=1S/C12H9ClFNO4/c1-2-18-12-9(11(16)17)15-10(19-12)6-3-4-7(13)8(14)5-6/h3-5H,2H2,1H3,(H,16,17). The van der Waals surface area contributed by atoms with Gasteiger partial charge in [0.2, 0.25) is 11.6 Å². The minimum atomic E-state index is -1.28. The molecule has 0 spiro atoms. The van der Waals surface area contributed by atoms with Crippen molar-refractivity contribution in [2.75, 3.05) is 6.61 Å². The van der Waals surface area contributed by atoms with Crippen LogP contribution in [0.25, 0.3) is 11.5 Å². The summed E-state index contributed by atoms with van der Waals surface area (Å²) in [6.07, 6.45) is 0. The molecular formula is C12H9ClFNO4. The Kier molecular flexibility index (Phi) is 3.71. The van der Waals surface area contributed by atoms with Crippen LogP contribution >= 0.6 is 11.6 Å². The number of carboxylic acid groups (broad SMARTS) is 1.